The van der Waals surface area contributed by atoms with E-state index in [-0.39, 0.29) is 17.4 Å². The zero-order valence-electron chi connectivity index (χ0n) is 15.4. The fourth-order valence-electron chi connectivity index (χ4n) is 2.94. The van der Waals surface area contributed by atoms with Gasteiger partial charge in [-0.1, -0.05) is 60.2 Å². The van der Waals surface area contributed by atoms with E-state index in [1.54, 1.807) is 31.4 Å². The molecule has 0 unspecified atom stereocenters. The first-order valence-corrected chi connectivity index (χ1v) is 10.2. The number of sulfonamides is 1. The largest absolute Gasteiger partial charge is 0.497 e. The number of aryl methyl sites for hydroxylation is 1. The fourth-order valence-corrected chi connectivity index (χ4v) is 3.99. The van der Waals surface area contributed by atoms with Crippen LogP contribution in [0.1, 0.15) is 22.6 Å². The van der Waals surface area contributed by atoms with Gasteiger partial charge in [-0.25, -0.2) is 13.1 Å². The summed E-state index contributed by atoms with van der Waals surface area (Å²) in [7, 11) is -1.95. The minimum Gasteiger partial charge on any atom is -0.497 e. The molecule has 0 aliphatic rings. The summed E-state index contributed by atoms with van der Waals surface area (Å²) in [4.78, 5) is 0.273. The van der Waals surface area contributed by atoms with Crippen LogP contribution in [0, 0.1) is 6.92 Å². The predicted octanol–water partition coefficient (Wildman–Crippen LogP) is 4.11. The van der Waals surface area contributed by atoms with Gasteiger partial charge in [0.2, 0.25) is 10.0 Å². The van der Waals surface area contributed by atoms with E-state index in [2.05, 4.69) is 4.72 Å². The Balaban J connectivity index is 1.86. The summed E-state index contributed by atoms with van der Waals surface area (Å²) in [5, 5.41) is 0. The van der Waals surface area contributed by atoms with Crippen LogP contribution in [0.15, 0.2) is 83.8 Å². The van der Waals surface area contributed by atoms with E-state index in [1.807, 2.05) is 61.5 Å². The van der Waals surface area contributed by atoms with Crippen molar-refractivity contribution in [1.29, 1.82) is 0 Å². The topological polar surface area (TPSA) is 55.4 Å². The third-order valence-corrected chi connectivity index (χ3v) is 5.97. The molecule has 0 aliphatic heterocycles. The van der Waals surface area contributed by atoms with Crippen LogP contribution in [0.2, 0.25) is 0 Å². The lowest BCUT2D eigenvalue weighted by atomic mass is 9.91. The summed E-state index contributed by atoms with van der Waals surface area (Å²) >= 11 is 0. The molecule has 5 heteroatoms. The second-order valence-electron chi connectivity index (χ2n) is 6.40. The van der Waals surface area contributed by atoms with Crippen LogP contribution in [0.5, 0.6) is 5.75 Å². The van der Waals surface area contributed by atoms with Gasteiger partial charge < -0.3 is 4.74 Å². The van der Waals surface area contributed by atoms with E-state index in [0.29, 0.717) is 0 Å². The van der Waals surface area contributed by atoms with Crippen molar-refractivity contribution in [3.8, 4) is 5.75 Å². The molecule has 3 rings (SSSR count). The summed E-state index contributed by atoms with van der Waals surface area (Å²) < 4.78 is 33.3. The Bertz CT molecular complexity index is 966. The van der Waals surface area contributed by atoms with Crippen molar-refractivity contribution >= 4 is 10.0 Å². The normalized spacial score (nSPS) is 12.5. The molecule has 140 valence electrons. The van der Waals surface area contributed by atoms with Gasteiger partial charge in [-0.15, -0.1) is 0 Å². The van der Waals surface area contributed by atoms with Crippen molar-refractivity contribution in [3.05, 3.63) is 95.6 Å². The average Bonchev–Trinajstić information content (AvgIpc) is 2.70. The van der Waals surface area contributed by atoms with Crippen molar-refractivity contribution < 1.29 is 13.2 Å². The molecule has 1 atom stereocenters. The van der Waals surface area contributed by atoms with Gasteiger partial charge in [0, 0.05) is 12.5 Å². The molecule has 3 aromatic carbocycles. The van der Waals surface area contributed by atoms with E-state index in [0.717, 1.165) is 22.4 Å². The van der Waals surface area contributed by atoms with Gasteiger partial charge in [0.15, 0.2) is 0 Å². The first-order valence-electron chi connectivity index (χ1n) is 8.75. The molecule has 0 bridgehead atoms. The quantitative estimate of drug-likeness (QED) is 0.670. The van der Waals surface area contributed by atoms with E-state index < -0.39 is 10.0 Å². The van der Waals surface area contributed by atoms with Crippen LogP contribution in [0.4, 0.5) is 0 Å². The molecule has 0 spiro atoms. The van der Waals surface area contributed by atoms with Crippen LogP contribution < -0.4 is 9.46 Å². The highest BCUT2D eigenvalue weighted by molar-refractivity contribution is 7.89. The molecule has 0 amide bonds. The lowest BCUT2D eigenvalue weighted by Crippen LogP contribution is -2.29. The van der Waals surface area contributed by atoms with E-state index in [1.165, 1.54) is 0 Å². The Morgan fingerprint density at radius 3 is 2.04 bits per heavy atom. The molecular weight excluding hydrogens is 358 g/mol. The Kier molecular flexibility index (Phi) is 5.94. The number of nitrogens with one attached hydrogen (secondary N) is 1. The minimum absolute atomic E-state index is 0.0997. The molecular formula is C22H23NO3S. The molecule has 0 radical (unpaired) electrons. The maximum atomic E-state index is 12.7. The van der Waals surface area contributed by atoms with E-state index in [9.17, 15) is 8.42 Å². The third-order valence-electron chi connectivity index (χ3n) is 4.53. The van der Waals surface area contributed by atoms with Gasteiger partial charge >= 0.3 is 0 Å². The first kappa shape index (κ1) is 19.1. The number of hydrogen-bond donors (Lipinski definition) is 1. The molecule has 0 fully saturated rings. The second kappa shape index (κ2) is 8.37. The molecule has 3 aromatic rings. The molecule has 27 heavy (non-hydrogen) atoms. The standard InChI is InChI=1S/C22H23NO3S/c1-17-8-14-21(15-9-17)27(24,25)23-16-22(18-6-4-3-5-7-18)19-10-12-20(26-2)13-11-19/h3-15,22-23H,16H2,1-2H3/t22-/m1/s1. The maximum Gasteiger partial charge on any atom is 0.240 e. The van der Waals surface area contributed by atoms with Crippen LogP contribution in [-0.4, -0.2) is 22.1 Å². The van der Waals surface area contributed by atoms with Gasteiger partial charge in [-0.05, 0) is 42.3 Å². The Morgan fingerprint density at radius 2 is 1.44 bits per heavy atom. The van der Waals surface area contributed by atoms with Crippen LogP contribution in [0.3, 0.4) is 0 Å². The lowest BCUT2D eigenvalue weighted by molar-refractivity contribution is 0.414. The van der Waals surface area contributed by atoms with E-state index >= 15 is 0 Å². The Hall–Kier alpha value is -2.63. The van der Waals surface area contributed by atoms with Gasteiger partial charge in [-0.3, -0.25) is 0 Å². The smallest absolute Gasteiger partial charge is 0.240 e. The predicted molar refractivity (Wildman–Crippen MR) is 108 cm³/mol. The lowest BCUT2D eigenvalue weighted by Gasteiger charge is -2.19. The van der Waals surface area contributed by atoms with Crippen molar-refractivity contribution in [2.45, 2.75) is 17.7 Å². The van der Waals surface area contributed by atoms with Crippen molar-refractivity contribution in [2.75, 3.05) is 13.7 Å². The van der Waals surface area contributed by atoms with Gasteiger partial charge in [-0.2, -0.15) is 0 Å². The molecule has 0 aromatic heterocycles. The van der Waals surface area contributed by atoms with Crippen molar-refractivity contribution in [3.63, 3.8) is 0 Å². The second-order valence-corrected chi connectivity index (χ2v) is 8.17. The number of hydrogen-bond acceptors (Lipinski definition) is 3. The first-order chi connectivity index (χ1) is 13.0. The highest BCUT2D eigenvalue weighted by atomic mass is 32.2. The minimum atomic E-state index is -3.58. The summed E-state index contributed by atoms with van der Waals surface area (Å²) in [5.41, 5.74) is 3.09. The van der Waals surface area contributed by atoms with Gasteiger partial charge in [0.1, 0.15) is 5.75 Å². The summed E-state index contributed by atoms with van der Waals surface area (Å²) in [6.45, 7) is 2.20. The zero-order chi connectivity index (χ0) is 19.3. The summed E-state index contributed by atoms with van der Waals surface area (Å²) in [6.07, 6.45) is 0. The highest BCUT2D eigenvalue weighted by Gasteiger charge is 2.19. The van der Waals surface area contributed by atoms with Crippen LogP contribution in [-0.2, 0) is 10.0 Å². The third kappa shape index (κ3) is 4.76. The summed E-state index contributed by atoms with van der Waals surface area (Å²) in [5.74, 6) is 0.670. The summed E-state index contributed by atoms with van der Waals surface area (Å²) in [6, 6.07) is 24.5. The fraction of sp³-hybridized carbons (Fsp3) is 0.182. The Labute approximate surface area is 160 Å². The maximum absolute atomic E-state index is 12.7. The van der Waals surface area contributed by atoms with Crippen molar-refractivity contribution in [2.24, 2.45) is 0 Å². The highest BCUT2D eigenvalue weighted by Crippen LogP contribution is 2.26. The number of ether oxygens (including phenoxy) is 1. The molecule has 0 heterocycles. The van der Waals surface area contributed by atoms with Crippen LogP contribution >= 0.6 is 0 Å². The van der Waals surface area contributed by atoms with Crippen LogP contribution in [0.25, 0.3) is 0 Å². The number of rotatable bonds is 7. The molecule has 0 aliphatic carbocycles. The monoisotopic (exact) mass is 381 g/mol. The molecule has 4 nitrogen and oxygen atoms in total. The van der Waals surface area contributed by atoms with Crippen molar-refractivity contribution in [1.82, 2.24) is 4.72 Å². The molecule has 0 saturated heterocycles. The van der Waals surface area contributed by atoms with E-state index in [4.69, 9.17) is 4.74 Å². The molecule has 0 saturated carbocycles. The number of methoxy groups -OCH3 is 1. The SMILES string of the molecule is COc1ccc([C@H](CNS(=O)(=O)c2ccc(C)cc2)c2ccccc2)cc1. The number of benzene rings is 3. The zero-order valence-corrected chi connectivity index (χ0v) is 16.2. The molecule has 1 N–H and O–H groups in total. The van der Waals surface area contributed by atoms with Gasteiger partial charge in [0.25, 0.3) is 0 Å². The average molecular weight is 381 g/mol. The van der Waals surface area contributed by atoms with Gasteiger partial charge in [0.05, 0.1) is 12.0 Å². The Morgan fingerprint density at radius 1 is 0.852 bits per heavy atom.